The van der Waals surface area contributed by atoms with E-state index in [1.165, 1.54) is 38.5 Å². The summed E-state index contributed by atoms with van der Waals surface area (Å²) in [5.41, 5.74) is 0. The molecule has 0 heterocycles. The molecule has 1 unspecified atom stereocenters. The Labute approximate surface area is 128 Å². The van der Waals surface area contributed by atoms with Crippen LogP contribution in [0.25, 0.3) is 0 Å². The van der Waals surface area contributed by atoms with E-state index in [2.05, 4.69) is 19.0 Å². The summed E-state index contributed by atoms with van der Waals surface area (Å²) in [4.78, 5) is 2.42. The minimum atomic E-state index is 0. The summed E-state index contributed by atoms with van der Waals surface area (Å²) in [6.45, 7) is 0.988. The Morgan fingerprint density at radius 2 is 1.88 bits per heavy atom. The van der Waals surface area contributed by atoms with Gasteiger partial charge in [0.2, 0.25) is 0 Å². The van der Waals surface area contributed by atoms with Crippen LogP contribution in [0.2, 0.25) is 0 Å². The molecule has 0 aromatic heterocycles. The minimum absolute atomic E-state index is 0. The monoisotopic (exact) mass is 456 g/mol. The summed E-state index contributed by atoms with van der Waals surface area (Å²) >= 11 is 0.712. The molecule has 1 rings (SSSR count). The maximum absolute atomic E-state index is 5.28. The summed E-state index contributed by atoms with van der Waals surface area (Å²) in [5, 5.41) is 0. The Kier molecular flexibility index (Phi) is 14.6. The average molecular weight is 456 g/mol. The molecule has 0 aromatic carbocycles. The Hall–Kier alpha value is 1.62. The number of rotatable bonds is 6. The average Bonchev–Trinajstić information content (AvgIpc) is 2.64. The number of hydrogen-bond donors (Lipinski definition) is 0. The van der Waals surface area contributed by atoms with E-state index in [1.807, 2.05) is 0 Å². The zero-order valence-electron chi connectivity index (χ0n) is 10.7. The van der Waals surface area contributed by atoms with Crippen LogP contribution in [0.15, 0.2) is 0 Å². The third-order valence-corrected chi connectivity index (χ3v) is 4.29. The SMILES string of the molecule is CN(C)[C@H](CCC[O][Tl])C1CCCC1.P.[SH-]. The Morgan fingerprint density at radius 3 is 2.31 bits per heavy atom. The van der Waals surface area contributed by atoms with Gasteiger partial charge in [-0.3, -0.25) is 0 Å². The van der Waals surface area contributed by atoms with Crippen LogP contribution in [-0.4, -0.2) is 57.9 Å². The van der Waals surface area contributed by atoms with Crippen LogP contribution in [0.3, 0.4) is 0 Å². The van der Waals surface area contributed by atoms with Gasteiger partial charge in [0.05, 0.1) is 0 Å². The first-order chi connectivity index (χ1) is 6.75. The van der Waals surface area contributed by atoms with Crippen molar-refractivity contribution in [3.8, 4) is 0 Å². The number of nitrogens with zero attached hydrogens (tertiary/aromatic N) is 1. The number of thiol groups is 1. The van der Waals surface area contributed by atoms with Crippen LogP contribution < -0.4 is 0 Å². The minimum Gasteiger partial charge on any atom is -0.813 e. The van der Waals surface area contributed by atoms with Crippen LogP contribution in [0, 0.1) is 5.92 Å². The van der Waals surface area contributed by atoms with E-state index in [9.17, 15) is 0 Å². The van der Waals surface area contributed by atoms with E-state index < -0.39 is 0 Å². The summed E-state index contributed by atoms with van der Waals surface area (Å²) in [6.07, 6.45) is 8.38. The Morgan fingerprint density at radius 1 is 1.31 bits per heavy atom. The predicted molar refractivity (Wildman–Crippen MR) is 80.2 cm³/mol. The van der Waals surface area contributed by atoms with Gasteiger partial charge in [0.1, 0.15) is 0 Å². The first-order valence-electron chi connectivity index (χ1n) is 5.74. The molecule has 1 saturated carbocycles. The Balaban J connectivity index is 0. The van der Waals surface area contributed by atoms with E-state index in [0.717, 1.165) is 18.6 Å². The third-order valence-electron chi connectivity index (χ3n) is 3.37. The van der Waals surface area contributed by atoms with Crippen molar-refractivity contribution in [3.63, 3.8) is 0 Å². The summed E-state index contributed by atoms with van der Waals surface area (Å²) < 4.78 is 5.28. The molecule has 0 aliphatic heterocycles. The van der Waals surface area contributed by atoms with Crippen molar-refractivity contribution in [1.29, 1.82) is 0 Å². The van der Waals surface area contributed by atoms with Gasteiger partial charge in [0.25, 0.3) is 0 Å². The van der Waals surface area contributed by atoms with Gasteiger partial charge in [-0.25, -0.2) is 0 Å². The molecular formula is C11H26NOPSTl-. The van der Waals surface area contributed by atoms with Crippen LogP contribution in [-0.2, 0) is 16.2 Å². The van der Waals surface area contributed by atoms with Crippen LogP contribution in [0.4, 0.5) is 0 Å². The van der Waals surface area contributed by atoms with E-state index in [1.54, 1.807) is 0 Å². The van der Waals surface area contributed by atoms with Gasteiger partial charge >= 0.3 is 105 Å². The normalized spacial score (nSPS) is 17.9. The molecule has 0 spiro atoms. The molecule has 0 N–H and O–H groups in total. The standard InChI is InChI=1S/C11H22NO.H3P.H2S.Tl/c1-12(2)11(8-5-9-13)10-6-3-4-7-10;;;/h10-11H,3-9H2,1-2H3;1H3;1H2;/q-1;;;+1/p-1/t11-;;;/m1.../s1. The molecule has 1 aliphatic carbocycles. The second-order valence-corrected chi connectivity index (χ2v) is 5.88. The van der Waals surface area contributed by atoms with Gasteiger partial charge in [-0.1, -0.05) is 0 Å². The van der Waals surface area contributed by atoms with Crippen molar-refractivity contribution in [1.82, 2.24) is 4.90 Å². The second kappa shape index (κ2) is 11.7. The van der Waals surface area contributed by atoms with Crippen LogP contribution >= 0.6 is 9.90 Å². The molecule has 0 amide bonds. The molecule has 5 heteroatoms. The summed E-state index contributed by atoms with van der Waals surface area (Å²) in [5.74, 6) is 0.960. The molecule has 16 heavy (non-hydrogen) atoms. The van der Waals surface area contributed by atoms with Crippen LogP contribution in [0.1, 0.15) is 38.5 Å². The van der Waals surface area contributed by atoms with Crippen molar-refractivity contribution in [2.24, 2.45) is 5.92 Å². The molecule has 0 aromatic rings. The van der Waals surface area contributed by atoms with Gasteiger partial charge in [0.15, 0.2) is 0 Å². The van der Waals surface area contributed by atoms with E-state index in [4.69, 9.17) is 2.69 Å². The molecule has 1 fully saturated rings. The molecule has 1 aliphatic rings. The molecule has 0 bridgehead atoms. The van der Waals surface area contributed by atoms with Gasteiger partial charge < -0.3 is 13.5 Å². The van der Waals surface area contributed by atoms with Gasteiger partial charge in [-0.15, -0.1) is 0 Å². The summed E-state index contributed by atoms with van der Waals surface area (Å²) in [6, 6.07) is 0.803. The number of hydrogen-bond acceptors (Lipinski definition) is 3. The topological polar surface area (TPSA) is 12.5 Å². The van der Waals surface area contributed by atoms with Crippen molar-refractivity contribution >= 4 is 49.6 Å². The van der Waals surface area contributed by atoms with Crippen molar-refractivity contribution in [2.45, 2.75) is 44.6 Å². The van der Waals surface area contributed by atoms with E-state index in [0.29, 0.717) is 26.2 Å². The van der Waals surface area contributed by atoms with E-state index >= 15 is 0 Å². The largest absolute Gasteiger partial charge is 0.813 e. The molecule has 0 saturated heterocycles. The smallest absolute Gasteiger partial charge is 0.153 e. The van der Waals surface area contributed by atoms with Crippen LogP contribution in [0.5, 0.6) is 0 Å². The zero-order valence-corrected chi connectivity index (χ0v) is 17.5. The fourth-order valence-corrected chi connectivity index (χ4v) is 3.28. The molecule has 2 nitrogen and oxygen atoms in total. The van der Waals surface area contributed by atoms with Crippen molar-refractivity contribution < 1.29 is 2.69 Å². The van der Waals surface area contributed by atoms with Gasteiger partial charge in [0, 0.05) is 0 Å². The van der Waals surface area contributed by atoms with Crippen molar-refractivity contribution in [3.05, 3.63) is 0 Å². The maximum Gasteiger partial charge on any atom is -0.153 e. The van der Waals surface area contributed by atoms with E-state index in [-0.39, 0.29) is 23.4 Å². The summed E-state index contributed by atoms with van der Waals surface area (Å²) in [7, 11) is 4.46. The second-order valence-electron chi connectivity index (χ2n) is 4.59. The fourth-order valence-electron chi connectivity index (χ4n) is 2.63. The quantitative estimate of drug-likeness (QED) is 0.199. The molecule has 0 radical (unpaired) electrons. The molecule has 2 atom stereocenters. The predicted octanol–water partition coefficient (Wildman–Crippen LogP) is 1.78. The van der Waals surface area contributed by atoms with Crippen molar-refractivity contribution in [2.75, 3.05) is 20.7 Å². The first-order valence-corrected chi connectivity index (χ1v) is 7.57. The Bertz CT molecular complexity index is 157. The van der Waals surface area contributed by atoms with Gasteiger partial charge in [-0.2, -0.15) is 9.90 Å². The molecule has 96 valence electrons. The fraction of sp³-hybridized carbons (Fsp3) is 1.00. The van der Waals surface area contributed by atoms with Gasteiger partial charge in [-0.05, 0) is 0 Å². The third kappa shape index (κ3) is 7.14. The molecular weight excluding hydrogens is 430 g/mol. The maximum atomic E-state index is 5.28. The zero-order chi connectivity index (χ0) is 10.4. The first kappa shape index (κ1) is 20.0.